The average Bonchev–Trinajstić information content (AvgIpc) is 2.76. The van der Waals surface area contributed by atoms with Crippen molar-refractivity contribution in [3.8, 4) is 11.5 Å². The van der Waals surface area contributed by atoms with Crippen LogP contribution in [0.2, 0.25) is 0 Å². The Morgan fingerprint density at radius 3 is 2.10 bits per heavy atom. The lowest BCUT2D eigenvalue weighted by atomic mass is 10.1. The van der Waals surface area contributed by atoms with E-state index in [-0.39, 0.29) is 28.9 Å². The van der Waals surface area contributed by atoms with Crippen molar-refractivity contribution in [3.63, 3.8) is 0 Å². The summed E-state index contributed by atoms with van der Waals surface area (Å²) >= 11 is 0. The molecule has 1 fully saturated rings. The Kier molecular flexibility index (Phi) is 7.58. The highest BCUT2D eigenvalue weighted by molar-refractivity contribution is 7.89. The van der Waals surface area contributed by atoms with E-state index in [9.17, 15) is 16.8 Å². The van der Waals surface area contributed by atoms with E-state index in [4.69, 9.17) is 9.47 Å². The molecule has 2 aromatic carbocycles. The molecule has 1 aliphatic rings. The lowest BCUT2D eigenvalue weighted by Crippen LogP contribution is -2.46. The van der Waals surface area contributed by atoms with Crippen molar-refractivity contribution in [1.29, 1.82) is 0 Å². The van der Waals surface area contributed by atoms with E-state index in [1.165, 1.54) is 28.6 Å². The van der Waals surface area contributed by atoms with Crippen molar-refractivity contribution >= 4 is 20.0 Å². The molecule has 0 amide bonds. The van der Waals surface area contributed by atoms with Crippen molar-refractivity contribution < 1.29 is 26.3 Å². The molecule has 0 unspecified atom stereocenters. The van der Waals surface area contributed by atoms with E-state index in [0.717, 1.165) is 0 Å². The number of sulfonamides is 2. The molecule has 10 heteroatoms. The van der Waals surface area contributed by atoms with Gasteiger partial charge in [0.25, 0.3) is 0 Å². The van der Waals surface area contributed by atoms with Gasteiger partial charge in [-0.05, 0) is 51.0 Å². The number of rotatable bonds is 9. The Balaban J connectivity index is 1.69. The van der Waals surface area contributed by atoms with E-state index in [0.29, 0.717) is 37.6 Å². The number of nitrogens with zero attached hydrogens (tertiary/aromatic N) is 1. The Morgan fingerprint density at radius 1 is 0.871 bits per heavy atom. The summed E-state index contributed by atoms with van der Waals surface area (Å²) in [6, 6.07) is 12.4. The van der Waals surface area contributed by atoms with E-state index < -0.39 is 20.0 Å². The van der Waals surface area contributed by atoms with Crippen LogP contribution in [0.4, 0.5) is 0 Å². The second-order valence-electron chi connectivity index (χ2n) is 7.09. The summed E-state index contributed by atoms with van der Waals surface area (Å²) in [7, 11) is -7.37. The highest BCUT2D eigenvalue weighted by Crippen LogP contribution is 2.32. The van der Waals surface area contributed by atoms with Gasteiger partial charge in [0.1, 0.15) is 0 Å². The Hall–Kier alpha value is -2.14. The first kappa shape index (κ1) is 23.5. The topological polar surface area (TPSA) is 102 Å². The fourth-order valence-corrected chi connectivity index (χ4v) is 6.25. The van der Waals surface area contributed by atoms with Crippen LogP contribution < -0.4 is 14.2 Å². The minimum Gasteiger partial charge on any atom is -0.490 e. The highest BCUT2D eigenvalue weighted by Gasteiger charge is 2.32. The molecule has 31 heavy (non-hydrogen) atoms. The van der Waals surface area contributed by atoms with Gasteiger partial charge in [-0.1, -0.05) is 18.2 Å². The van der Waals surface area contributed by atoms with Crippen LogP contribution in [0.3, 0.4) is 0 Å². The number of hydrogen-bond donors (Lipinski definition) is 1. The summed E-state index contributed by atoms with van der Waals surface area (Å²) in [6.07, 6.45) is 0.779. The smallest absolute Gasteiger partial charge is 0.243 e. The maximum absolute atomic E-state index is 13.1. The monoisotopic (exact) mass is 468 g/mol. The molecule has 1 heterocycles. The van der Waals surface area contributed by atoms with Crippen LogP contribution in [-0.4, -0.2) is 53.5 Å². The molecule has 1 aliphatic heterocycles. The molecule has 0 radical (unpaired) electrons. The van der Waals surface area contributed by atoms with Gasteiger partial charge < -0.3 is 9.47 Å². The number of hydrogen-bond acceptors (Lipinski definition) is 6. The molecule has 0 aromatic heterocycles. The zero-order chi connectivity index (χ0) is 22.5. The molecule has 0 atom stereocenters. The van der Waals surface area contributed by atoms with E-state index in [1.807, 2.05) is 13.8 Å². The summed E-state index contributed by atoms with van der Waals surface area (Å²) in [5.41, 5.74) is 0. The second-order valence-corrected chi connectivity index (χ2v) is 10.7. The Morgan fingerprint density at radius 2 is 1.48 bits per heavy atom. The largest absolute Gasteiger partial charge is 0.490 e. The maximum Gasteiger partial charge on any atom is 0.243 e. The van der Waals surface area contributed by atoms with Crippen LogP contribution in [0.25, 0.3) is 0 Å². The number of ether oxygens (including phenoxy) is 2. The van der Waals surface area contributed by atoms with Crippen LogP contribution in [0.1, 0.15) is 26.7 Å². The molecule has 8 nitrogen and oxygen atoms in total. The third-order valence-electron chi connectivity index (χ3n) is 4.98. The molecule has 0 aliphatic carbocycles. The van der Waals surface area contributed by atoms with Gasteiger partial charge in [-0.15, -0.1) is 0 Å². The highest BCUT2D eigenvalue weighted by atomic mass is 32.2. The third-order valence-corrected chi connectivity index (χ3v) is 8.41. The minimum absolute atomic E-state index is 0.128. The summed E-state index contributed by atoms with van der Waals surface area (Å²) in [6.45, 7) is 4.94. The molecule has 0 spiro atoms. The van der Waals surface area contributed by atoms with Crippen molar-refractivity contribution in [2.24, 2.45) is 0 Å². The molecule has 170 valence electrons. The molecular formula is C21H28N2O6S2. The van der Waals surface area contributed by atoms with E-state index >= 15 is 0 Å². The standard InChI is InChI=1S/C21H28N2O6S2/c1-3-28-20-11-10-19(16-21(20)29-4-2)31(26,27)23-14-12-17(13-15-23)22-30(24,25)18-8-6-5-7-9-18/h5-11,16-17,22H,3-4,12-15H2,1-2H3. The van der Waals surface area contributed by atoms with Crippen molar-refractivity contribution in [2.75, 3.05) is 26.3 Å². The Bertz CT molecular complexity index is 1080. The van der Waals surface area contributed by atoms with Crippen molar-refractivity contribution in [2.45, 2.75) is 42.5 Å². The number of benzene rings is 2. The lowest BCUT2D eigenvalue weighted by molar-refractivity contribution is 0.286. The van der Waals surface area contributed by atoms with Gasteiger partial charge in [0.15, 0.2) is 11.5 Å². The van der Waals surface area contributed by atoms with E-state index in [2.05, 4.69) is 4.72 Å². The predicted octanol–water partition coefficient (Wildman–Crippen LogP) is 2.62. The van der Waals surface area contributed by atoms with Crippen LogP contribution in [-0.2, 0) is 20.0 Å². The molecule has 2 aromatic rings. The normalized spacial score (nSPS) is 16.2. The number of nitrogens with one attached hydrogen (secondary N) is 1. The van der Waals surface area contributed by atoms with Gasteiger partial charge in [0.05, 0.1) is 23.0 Å². The van der Waals surface area contributed by atoms with Gasteiger partial charge in [-0.3, -0.25) is 0 Å². The second kappa shape index (κ2) is 9.99. The summed E-state index contributed by atoms with van der Waals surface area (Å²) in [5, 5.41) is 0. The number of piperidine rings is 1. The van der Waals surface area contributed by atoms with Gasteiger partial charge in [0, 0.05) is 25.2 Å². The fourth-order valence-electron chi connectivity index (χ4n) is 3.44. The van der Waals surface area contributed by atoms with E-state index in [1.54, 1.807) is 24.3 Å². The van der Waals surface area contributed by atoms with Crippen LogP contribution in [0, 0.1) is 0 Å². The van der Waals surface area contributed by atoms with Crippen molar-refractivity contribution in [1.82, 2.24) is 9.03 Å². The average molecular weight is 469 g/mol. The molecule has 1 N–H and O–H groups in total. The van der Waals surface area contributed by atoms with Crippen LogP contribution in [0.15, 0.2) is 58.3 Å². The first-order valence-electron chi connectivity index (χ1n) is 10.2. The summed E-state index contributed by atoms with van der Waals surface area (Å²) in [4.78, 5) is 0.325. The molecule has 3 rings (SSSR count). The maximum atomic E-state index is 13.1. The van der Waals surface area contributed by atoms with Crippen molar-refractivity contribution in [3.05, 3.63) is 48.5 Å². The first-order valence-corrected chi connectivity index (χ1v) is 13.2. The first-order chi connectivity index (χ1) is 14.8. The Labute approximate surface area is 184 Å². The quantitative estimate of drug-likeness (QED) is 0.607. The molecular weight excluding hydrogens is 440 g/mol. The zero-order valence-corrected chi connectivity index (χ0v) is 19.3. The SMILES string of the molecule is CCOc1ccc(S(=O)(=O)N2CCC(NS(=O)(=O)c3ccccc3)CC2)cc1OCC. The third kappa shape index (κ3) is 5.57. The lowest BCUT2D eigenvalue weighted by Gasteiger charge is -2.31. The fraction of sp³-hybridized carbons (Fsp3) is 0.429. The van der Waals surface area contributed by atoms with Gasteiger partial charge in [-0.25, -0.2) is 21.6 Å². The minimum atomic E-state index is -3.73. The van der Waals surface area contributed by atoms with Gasteiger partial charge in [-0.2, -0.15) is 4.31 Å². The predicted molar refractivity (Wildman–Crippen MR) is 117 cm³/mol. The molecule has 0 saturated carbocycles. The summed E-state index contributed by atoms with van der Waals surface area (Å²) in [5.74, 6) is 0.883. The molecule has 1 saturated heterocycles. The van der Waals surface area contributed by atoms with Gasteiger partial charge >= 0.3 is 0 Å². The molecule has 0 bridgehead atoms. The zero-order valence-electron chi connectivity index (χ0n) is 17.7. The summed E-state index contributed by atoms with van der Waals surface area (Å²) < 4.78 is 66.4. The van der Waals surface area contributed by atoms with Crippen LogP contribution in [0.5, 0.6) is 11.5 Å². The van der Waals surface area contributed by atoms with Gasteiger partial charge in [0.2, 0.25) is 20.0 Å². The van der Waals surface area contributed by atoms with Crippen LogP contribution >= 0.6 is 0 Å².